The van der Waals surface area contributed by atoms with E-state index >= 15 is 0 Å². The molecule has 0 heterocycles. The average Bonchev–Trinajstić information content (AvgIpc) is 2.58. The summed E-state index contributed by atoms with van der Waals surface area (Å²) in [5, 5.41) is 3.72. The second kappa shape index (κ2) is 8.20. The van der Waals surface area contributed by atoms with Crippen molar-refractivity contribution in [3.8, 4) is 5.75 Å². The fraction of sp³-hybridized carbons (Fsp3) is 0.350. The summed E-state index contributed by atoms with van der Waals surface area (Å²) >= 11 is 6.02. The molecular weight excluding hydrogens is 322 g/mol. The molecule has 0 saturated carbocycles. The molecule has 0 saturated heterocycles. The van der Waals surface area contributed by atoms with Crippen LogP contribution in [0.3, 0.4) is 0 Å². The largest absolute Gasteiger partial charge is 0.481 e. The van der Waals surface area contributed by atoms with Crippen molar-refractivity contribution in [2.75, 3.05) is 5.32 Å². The van der Waals surface area contributed by atoms with Crippen LogP contribution in [-0.4, -0.2) is 12.0 Å². The van der Waals surface area contributed by atoms with Crippen molar-refractivity contribution in [2.45, 2.75) is 46.6 Å². The molecule has 0 aliphatic heterocycles. The van der Waals surface area contributed by atoms with Crippen molar-refractivity contribution in [3.63, 3.8) is 0 Å². The molecule has 0 aromatic heterocycles. The lowest BCUT2D eigenvalue weighted by Gasteiger charge is -2.18. The molecule has 0 spiro atoms. The number of benzene rings is 2. The molecule has 3 nitrogen and oxygen atoms in total. The van der Waals surface area contributed by atoms with E-state index in [4.69, 9.17) is 16.3 Å². The Kier molecular flexibility index (Phi) is 6.27. The standard InChI is InChI=1S/C20H24ClNO2/c1-5-15-8-7-9-16(6-2)19(15)22-20(23)14(4)24-17-10-11-18(21)13(3)12-17/h7-12,14H,5-6H2,1-4H3,(H,22,23). The molecule has 1 amide bonds. The summed E-state index contributed by atoms with van der Waals surface area (Å²) in [4.78, 5) is 12.5. The summed E-state index contributed by atoms with van der Waals surface area (Å²) in [7, 11) is 0. The Labute approximate surface area is 149 Å². The first-order valence-electron chi connectivity index (χ1n) is 8.30. The Morgan fingerprint density at radius 2 is 1.79 bits per heavy atom. The van der Waals surface area contributed by atoms with Crippen LogP contribution in [0.4, 0.5) is 5.69 Å². The molecule has 1 N–H and O–H groups in total. The van der Waals surface area contributed by atoms with E-state index in [0.717, 1.165) is 35.2 Å². The highest BCUT2D eigenvalue weighted by molar-refractivity contribution is 6.31. The van der Waals surface area contributed by atoms with Gasteiger partial charge >= 0.3 is 0 Å². The Hall–Kier alpha value is -2.00. The third kappa shape index (κ3) is 4.30. The van der Waals surface area contributed by atoms with Gasteiger partial charge in [0.1, 0.15) is 5.75 Å². The number of para-hydroxylation sites is 1. The lowest BCUT2D eigenvalue weighted by atomic mass is 10.0. The number of rotatable bonds is 6. The molecule has 0 radical (unpaired) electrons. The number of hydrogen-bond acceptors (Lipinski definition) is 2. The van der Waals surface area contributed by atoms with E-state index in [1.165, 1.54) is 0 Å². The van der Waals surface area contributed by atoms with Crippen molar-refractivity contribution in [3.05, 3.63) is 58.1 Å². The number of carbonyl (C=O) groups excluding carboxylic acids is 1. The van der Waals surface area contributed by atoms with E-state index in [1.807, 2.05) is 31.2 Å². The van der Waals surface area contributed by atoms with E-state index in [2.05, 4.69) is 19.2 Å². The van der Waals surface area contributed by atoms with Gasteiger partial charge in [-0.2, -0.15) is 0 Å². The number of carbonyl (C=O) groups is 1. The molecule has 2 rings (SSSR count). The zero-order chi connectivity index (χ0) is 17.7. The monoisotopic (exact) mass is 345 g/mol. The van der Waals surface area contributed by atoms with Gasteiger partial charge in [0.2, 0.25) is 0 Å². The van der Waals surface area contributed by atoms with Crippen LogP contribution in [0, 0.1) is 6.92 Å². The Morgan fingerprint density at radius 1 is 1.17 bits per heavy atom. The van der Waals surface area contributed by atoms with Gasteiger partial charge in [-0.05, 0) is 61.6 Å². The lowest BCUT2D eigenvalue weighted by molar-refractivity contribution is -0.122. The zero-order valence-electron chi connectivity index (χ0n) is 14.7. The molecule has 2 aromatic carbocycles. The number of ether oxygens (including phenoxy) is 1. The Bertz CT molecular complexity index is 705. The van der Waals surface area contributed by atoms with Crippen LogP contribution in [0.15, 0.2) is 36.4 Å². The highest BCUT2D eigenvalue weighted by atomic mass is 35.5. The van der Waals surface area contributed by atoms with Gasteiger partial charge < -0.3 is 10.1 Å². The second-order valence-corrected chi connectivity index (χ2v) is 6.23. The molecule has 0 bridgehead atoms. The number of halogens is 1. The Balaban J connectivity index is 2.13. The van der Waals surface area contributed by atoms with Crippen LogP contribution in [-0.2, 0) is 17.6 Å². The number of hydrogen-bond donors (Lipinski definition) is 1. The maximum Gasteiger partial charge on any atom is 0.265 e. The van der Waals surface area contributed by atoms with Crippen molar-refractivity contribution < 1.29 is 9.53 Å². The first kappa shape index (κ1) is 18.3. The highest BCUT2D eigenvalue weighted by Gasteiger charge is 2.18. The molecule has 0 aliphatic carbocycles. The van der Waals surface area contributed by atoms with Gasteiger partial charge in [0, 0.05) is 10.7 Å². The first-order chi connectivity index (χ1) is 11.5. The second-order valence-electron chi connectivity index (χ2n) is 5.82. The van der Waals surface area contributed by atoms with Gasteiger partial charge in [0.05, 0.1) is 0 Å². The summed E-state index contributed by atoms with van der Waals surface area (Å²) in [6, 6.07) is 11.5. The minimum atomic E-state index is -0.597. The lowest BCUT2D eigenvalue weighted by Crippen LogP contribution is -2.31. The summed E-state index contributed by atoms with van der Waals surface area (Å²) < 4.78 is 5.76. The van der Waals surface area contributed by atoms with Gasteiger partial charge in [-0.25, -0.2) is 0 Å². The maximum absolute atomic E-state index is 12.5. The SMILES string of the molecule is CCc1cccc(CC)c1NC(=O)C(C)Oc1ccc(Cl)c(C)c1. The van der Waals surface area contributed by atoms with Gasteiger partial charge in [0.25, 0.3) is 5.91 Å². The van der Waals surface area contributed by atoms with E-state index in [-0.39, 0.29) is 5.91 Å². The van der Waals surface area contributed by atoms with Crippen LogP contribution in [0.5, 0.6) is 5.75 Å². The number of nitrogens with one attached hydrogen (secondary N) is 1. The number of aryl methyl sites for hydroxylation is 3. The van der Waals surface area contributed by atoms with Crippen molar-refractivity contribution in [1.82, 2.24) is 0 Å². The molecule has 128 valence electrons. The van der Waals surface area contributed by atoms with Crippen molar-refractivity contribution in [1.29, 1.82) is 0 Å². The third-order valence-corrected chi connectivity index (χ3v) is 4.48. The van der Waals surface area contributed by atoms with Crippen LogP contribution in [0.25, 0.3) is 0 Å². The molecule has 1 atom stereocenters. The van der Waals surface area contributed by atoms with Crippen molar-refractivity contribution in [2.24, 2.45) is 0 Å². The fourth-order valence-corrected chi connectivity index (χ4v) is 2.69. The third-order valence-electron chi connectivity index (χ3n) is 4.06. The molecule has 4 heteroatoms. The van der Waals surface area contributed by atoms with E-state index in [1.54, 1.807) is 19.1 Å². The van der Waals surface area contributed by atoms with Crippen LogP contribution >= 0.6 is 11.6 Å². The number of anilines is 1. The molecule has 2 aromatic rings. The first-order valence-corrected chi connectivity index (χ1v) is 8.68. The topological polar surface area (TPSA) is 38.3 Å². The summed E-state index contributed by atoms with van der Waals surface area (Å²) in [5.74, 6) is 0.484. The molecule has 1 unspecified atom stereocenters. The van der Waals surface area contributed by atoms with Gasteiger partial charge in [-0.15, -0.1) is 0 Å². The number of amides is 1. The van der Waals surface area contributed by atoms with E-state index in [0.29, 0.717) is 10.8 Å². The van der Waals surface area contributed by atoms with Crippen molar-refractivity contribution >= 4 is 23.2 Å². The summed E-state index contributed by atoms with van der Waals surface area (Å²) in [6.45, 7) is 7.83. The fourth-order valence-electron chi connectivity index (χ4n) is 2.58. The summed E-state index contributed by atoms with van der Waals surface area (Å²) in [5.41, 5.74) is 4.11. The van der Waals surface area contributed by atoms with Gasteiger partial charge in [-0.1, -0.05) is 43.6 Å². The average molecular weight is 346 g/mol. The quantitative estimate of drug-likeness (QED) is 0.783. The van der Waals surface area contributed by atoms with E-state index < -0.39 is 6.10 Å². The molecule has 24 heavy (non-hydrogen) atoms. The normalized spacial score (nSPS) is 11.9. The smallest absolute Gasteiger partial charge is 0.265 e. The molecule has 0 fully saturated rings. The minimum absolute atomic E-state index is 0.154. The maximum atomic E-state index is 12.5. The molecule has 0 aliphatic rings. The highest BCUT2D eigenvalue weighted by Crippen LogP contribution is 2.24. The van der Waals surface area contributed by atoms with Crippen LogP contribution < -0.4 is 10.1 Å². The zero-order valence-corrected chi connectivity index (χ0v) is 15.4. The predicted molar refractivity (Wildman–Crippen MR) is 100 cm³/mol. The van der Waals surface area contributed by atoms with Crippen LogP contribution in [0.1, 0.15) is 37.5 Å². The van der Waals surface area contributed by atoms with Gasteiger partial charge in [0.15, 0.2) is 6.10 Å². The minimum Gasteiger partial charge on any atom is -0.481 e. The predicted octanol–water partition coefficient (Wildman–Crippen LogP) is 5.18. The van der Waals surface area contributed by atoms with Crippen LogP contribution in [0.2, 0.25) is 5.02 Å². The van der Waals surface area contributed by atoms with E-state index in [9.17, 15) is 4.79 Å². The molecular formula is C20H24ClNO2. The Morgan fingerprint density at radius 3 is 2.33 bits per heavy atom. The van der Waals surface area contributed by atoms with Gasteiger partial charge in [-0.3, -0.25) is 4.79 Å². The summed E-state index contributed by atoms with van der Waals surface area (Å²) in [6.07, 6.45) is 1.14.